The van der Waals surface area contributed by atoms with Gasteiger partial charge in [-0.15, -0.1) is 0 Å². The van der Waals surface area contributed by atoms with Crippen molar-refractivity contribution < 1.29 is 13.9 Å². The molecule has 0 atom stereocenters. The molecule has 0 fully saturated rings. The fourth-order valence-electron chi connectivity index (χ4n) is 1.60. The molecule has 0 unspecified atom stereocenters. The van der Waals surface area contributed by atoms with Gasteiger partial charge < -0.3 is 9.64 Å². The summed E-state index contributed by atoms with van der Waals surface area (Å²) in [7, 11) is 0. The first-order valence-electron chi connectivity index (χ1n) is 5.94. The molecule has 0 aliphatic heterocycles. The Morgan fingerprint density at radius 2 is 2.06 bits per heavy atom. The lowest BCUT2D eigenvalue weighted by molar-refractivity contribution is -0.138. The van der Waals surface area contributed by atoms with E-state index in [0.717, 1.165) is 0 Å². The van der Waals surface area contributed by atoms with E-state index in [2.05, 4.69) is 6.58 Å². The molecule has 0 aliphatic carbocycles. The Morgan fingerprint density at radius 1 is 1.39 bits per heavy atom. The van der Waals surface area contributed by atoms with Gasteiger partial charge in [-0.25, -0.2) is 9.18 Å². The van der Waals surface area contributed by atoms with Crippen LogP contribution in [0.2, 0.25) is 0 Å². The highest BCUT2D eigenvalue weighted by Crippen LogP contribution is 2.19. The third-order valence-corrected chi connectivity index (χ3v) is 2.52. The van der Waals surface area contributed by atoms with Crippen molar-refractivity contribution in [3.63, 3.8) is 0 Å². The molecule has 0 saturated carbocycles. The Labute approximate surface area is 107 Å². The van der Waals surface area contributed by atoms with Crippen LogP contribution in [-0.2, 0) is 9.53 Å². The number of para-hydroxylation sites is 1. The summed E-state index contributed by atoms with van der Waals surface area (Å²) in [5, 5.41) is 0. The van der Waals surface area contributed by atoms with E-state index in [4.69, 9.17) is 4.74 Å². The van der Waals surface area contributed by atoms with Crippen molar-refractivity contribution in [2.75, 3.05) is 24.6 Å². The first kappa shape index (κ1) is 14.2. The normalized spacial score (nSPS) is 9.94. The van der Waals surface area contributed by atoms with E-state index >= 15 is 0 Å². The van der Waals surface area contributed by atoms with Crippen LogP contribution in [0.3, 0.4) is 0 Å². The number of carbonyl (C=O) groups excluding carboxylic acids is 1. The van der Waals surface area contributed by atoms with Gasteiger partial charge in [-0.3, -0.25) is 0 Å². The summed E-state index contributed by atoms with van der Waals surface area (Å²) in [5.41, 5.74) is 0.785. The second-order valence-electron chi connectivity index (χ2n) is 3.79. The molecule has 18 heavy (non-hydrogen) atoms. The zero-order valence-corrected chi connectivity index (χ0v) is 10.8. The Hall–Kier alpha value is -1.84. The summed E-state index contributed by atoms with van der Waals surface area (Å²) in [6, 6.07) is 6.46. The Morgan fingerprint density at radius 3 is 2.61 bits per heavy atom. The monoisotopic (exact) mass is 251 g/mol. The molecule has 1 aromatic rings. The number of carbonyl (C=O) groups is 1. The van der Waals surface area contributed by atoms with Crippen LogP contribution in [0.25, 0.3) is 0 Å². The topological polar surface area (TPSA) is 29.5 Å². The van der Waals surface area contributed by atoms with Gasteiger partial charge in [-0.1, -0.05) is 18.7 Å². The molecule has 1 rings (SSSR count). The Kier molecular flexibility index (Phi) is 5.36. The zero-order chi connectivity index (χ0) is 13.5. The van der Waals surface area contributed by atoms with E-state index in [-0.39, 0.29) is 12.4 Å². The second kappa shape index (κ2) is 6.79. The molecule has 0 aliphatic rings. The molecule has 0 saturated heterocycles. The number of likely N-dealkylation sites (N-methyl/N-ethyl adjacent to an activating group) is 1. The number of hydrogen-bond acceptors (Lipinski definition) is 3. The average Bonchev–Trinajstić information content (AvgIpc) is 2.37. The molecular weight excluding hydrogens is 233 g/mol. The van der Waals surface area contributed by atoms with Crippen molar-refractivity contribution in [3.05, 3.63) is 42.2 Å². The largest absolute Gasteiger partial charge is 0.463 e. The van der Waals surface area contributed by atoms with E-state index in [9.17, 15) is 9.18 Å². The molecule has 0 bridgehead atoms. The second-order valence-corrected chi connectivity index (χ2v) is 3.79. The molecule has 0 N–H and O–H groups in total. The Bertz CT molecular complexity index is 432. The number of benzene rings is 1. The van der Waals surface area contributed by atoms with Crippen LogP contribution in [0.4, 0.5) is 10.1 Å². The summed E-state index contributed by atoms with van der Waals surface area (Å²) >= 11 is 0. The highest BCUT2D eigenvalue weighted by Gasteiger charge is 2.14. The number of rotatable bonds is 6. The molecule has 0 heterocycles. The van der Waals surface area contributed by atoms with Gasteiger partial charge in [0, 0.05) is 18.7 Å². The van der Waals surface area contributed by atoms with Gasteiger partial charge in [0.25, 0.3) is 0 Å². The van der Waals surface area contributed by atoms with E-state index in [0.29, 0.717) is 24.4 Å². The van der Waals surface area contributed by atoms with Gasteiger partial charge in [0.05, 0.1) is 12.3 Å². The quantitative estimate of drug-likeness (QED) is 0.575. The third-order valence-electron chi connectivity index (χ3n) is 2.52. The van der Waals surface area contributed by atoms with Gasteiger partial charge in [0.1, 0.15) is 5.82 Å². The molecule has 0 amide bonds. The average molecular weight is 251 g/mol. The number of nitrogens with zero attached hydrogens (tertiary/aromatic N) is 1. The van der Waals surface area contributed by atoms with Crippen molar-refractivity contribution in [1.82, 2.24) is 0 Å². The van der Waals surface area contributed by atoms with E-state index in [1.165, 1.54) is 6.07 Å². The molecule has 3 nitrogen and oxygen atoms in total. The molecule has 4 heteroatoms. The van der Waals surface area contributed by atoms with E-state index in [1.54, 1.807) is 30.0 Å². The van der Waals surface area contributed by atoms with E-state index < -0.39 is 5.97 Å². The minimum Gasteiger partial charge on any atom is -0.463 e. The van der Waals surface area contributed by atoms with Crippen LogP contribution in [0.15, 0.2) is 36.4 Å². The van der Waals surface area contributed by atoms with Crippen LogP contribution in [0.1, 0.15) is 13.8 Å². The summed E-state index contributed by atoms with van der Waals surface area (Å²) in [6.07, 6.45) is 0. The molecule has 0 radical (unpaired) electrons. The molecule has 1 aromatic carbocycles. The first-order valence-corrected chi connectivity index (χ1v) is 5.94. The third kappa shape index (κ3) is 3.58. The van der Waals surface area contributed by atoms with Crippen molar-refractivity contribution >= 4 is 11.7 Å². The summed E-state index contributed by atoms with van der Waals surface area (Å²) in [6.45, 7) is 8.46. The number of halogens is 1. The SMILES string of the molecule is C=C(CN(CC)c1ccccc1F)C(=O)OCC. The fourth-order valence-corrected chi connectivity index (χ4v) is 1.60. The maximum absolute atomic E-state index is 13.6. The van der Waals surface area contributed by atoms with Crippen LogP contribution < -0.4 is 4.90 Å². The number of ether oxygens (including phenoxy) is 1. The number of hydrogen-bond donors (Lipinski definition) is 0. The number of anilines is 1. The lowest BCUT2D eigenvalue weighted by Gasteiger charge is -2.23. The minimum atomic E-state index is -0.438. The lowest BCUT2D eigenvalue weighted by atomic mass is 10.2. The molecular formula is C14H18FNO2. The van der Waals surface area contributed by atoms with Gasteiger partial charge in [0.15, 0.2) is 0 Å². The van der Waals surface area contributed by atoms with Gasteiger partial charge >= 0.3 is 5.97 Å². The predicted molar refractivity (Wildman–Crippen MR) is 70.1 cm³/mol. The Balaban J connectivity index is 2.77. The molecule has 0 spiro atoms. The maximum atomic E-state index is 13.6. The van der Waals surface area contributed by atoms with Crippen LogP contribution in [-0.4, -0.2) is 25.7 Å². The zero-order valence-electron chi connectivity index (χ0n) is 10.8. The highest BCUT2D eigenvalue weighted by molar-refractivity contribution is 5.88. The van der Waals surface area contributed by atoms with Gasteiger partial charge in [-0.2, -0.15) is 0 Å². The van der Waals surface area contributed by atoms with Gasteiger partial charge in [-0.05, 0) is 26.0 Å². The predicted octanol–water partition coefficient (Wildman–Crippen LogP) is 2.77. The maximum Gasteiger partial charge on any atom is 0.335 e. The van der Waals surface area contributed by atoms with E-state index in [1.807, 2.05) is 6.92 Å². The highest BCUT2D eigenvalue weighted by atomic mass is 19.1. The van der Waals surface area contributed by atoms with Crippen molar-refractivity contribution in [3.8, 4) is 0 Å². The fraction of sp³-hybridized carbons (Fsp3) is 0.357. The van der Waals surface area contributed by atoms with Crippen molar-refractivity contribution in [2.45, 2.75) is 13.8 Å². The van der Waals surface area contributed by atoms with Crippen molar-refractivity contribution in [1.29, 1.82) is 0 Å². The molecule has 98 valence electrons. The summed E-state index contributed by atoms with van der Waals surface area (Å²) < 4.78 is 18.5. The first-order chi connectivity index (χ1) is 8.60. The van der Waals surface area contributed by atoms with Crippen LogP contribution in [0, 0.1) is 5.82 Å². The van der Waals surface area contributed by atoms with Gasteiger partial charge in [0.2, 0.25) is 0 Å². The summed E-state index contributed by atoms with van der Waals surface area (Å²) in [5.74, 6) is -0.747. The smallest absolute Gasteiger partial charge is 0.335 e. The minimum absolute atomic E-state index is 0.260. The molecule has 0 aromatic heterocycles. The number of esters is 1. The van der Waals surface area contributed by atoms with Crippen molar-refractivity contribution in [2.24, 2.45) is 0 Å². The standard InChI is InChI=1S/C14H18FNO2/c1-4-16(10-11(3)14(17)18-5-2)13-9-7-6-8-12(13)15/h6-9H,3-5,10H2,1-2H3. The lowest BCUT2D eigenvalue weighted by Crippen LogP contribution is -2.28. The summed E-state index contributed by atoms with van der Waals surface area (Å²) in [4.78, 5) is 13.2. The van der Waals surface area contributed by atoms with Crippen LogP contribution >= 0.6 is 0 Å². The van der Waals surface area contributed by atoms with Crippen LogP contribution in [0.5, 0.6) is 0 Å².